The SMILES string of the molecule is CCOC(=O)c1c(C)n(CC(C)C)c2ccc(OC(C)=O)cc12. The maximum absolute atomic E-state index is 12.4. The quantitative estimate of drug-likeness (QED) is 0.623. The predicted octanol–water partition coefficient (Wildman–Crippen LogP) is 3.71. The van der Waals surface area contributed by atoms with E-state index in [-0.39, 0.29) is 11.9 Å². The van der Waals surface area contributed by atoms with Crippen molar-refractivity contribution in [3.05, 3.63) is 29.5 Å². The highest BCUT2D eigenvalue weighted by Gasteiger charge is 2.22. The molecule has 0 aliphatic carbocycles. The first-order valence-electron chi connectivity index (χ1n) is 7.83. The molecule has 0 radical (unpaired) electrons. The molecule has 0 aliphatic rings. The second kappa shape index (κ2) is 6.86. The molecule has 0 unspecified atom stereocenters. The highest BCUT2D eigenvalue weighted by Crippen LogP contribution is 2.31. The van der Waals surface area contributed by atoms with Crippen LogP contribution in [-0.2, 0) is 16.1 Å². The van der Waals surface area contributed by atoms with Crippen LogP contribution in [0.5, 0.6) is 5.75 Å². The van der Waals surface area contributed by atoms with E-state index in [4.69, 9.17) is 9.47 Å². The van der Waals surface area contributed by atoms with Crippen LogP contribution in [0.3, 0.4) is 0 Å². The van der Waals surface area contributed by atoms with Gasteiger partial charge >= 0.3 is 11.9 Å². The van der Waals surface area contributed by atoms with Gasteiger partial charge in [-0.05, 0) is 38.0 Å². The van der Waals surface area contributed by atoms with Crippen molar-refractivity contribution in [1.82, 2.24) is 4.57 Å². The minimum Gasteiger partial charge on any atom is -0.462 e. The fourth-order valence-corrected chi connectivity index (χ4v) is 2.75. The summed E-state index contributed by atoms with van der Waals surface area (Å²) in [7, 11) is 0. The number of rotatable bonds is 5. The van der Waals surface area contributed by atoms with Gasteiger partial charge in [0.25, 0.3) is 0 Å². The molecule has 5 nitrogen and oxygen atoms in total. The molecule has 0 bridgehead atoms. The van der Waals surface area contributed by atoms with Crippen LogP contribution in [0.4, 0.5) is 0 Å². The van der Waals surface area contributed by atoms with Crippen LogP contribution in [0.2, 0.25) is 0 Å². The standard InChI is InChI=1S/C18H23NO4/c1-6-22-18(21)17-12(4)19(10-11(2)3)16-8-7-14(9-15(16)17)23-13(5)20/h7-9,11H,6,10H2,1-5H3. The molecule has 1 aromatic heterocycles. The fraction of sp³-hybridized carbons (Fsp3) is 0.444. The van der Waals surface area contributed by atoms with Crippen molar-refractivity contribution < 1.29 is 19.1 Å². The molecule has 0 saturated heterocycles. The number of ether oxygens (including phenoxy) is 2. The van der Waals surface area contributed by atoms with Crippen LogP contribution in [0.15, 0.2) is 18.2 Å². The van der Waals surface area contributed by atoms with Gasteiger partial charge in [-0.15, -0.1) is 0 Å². The Morgan fingerprint density at radius 3 is 2.52 bits per heavy atom. The first kappa shape index (κ1) is 17.1. The topological polar surface area (TPSA) is 57.5 Å². The third-order valence-corrected chi connectivity index (χ3v) is 3.58. The number of carbonyl (C=O) groups is 2. The molecule has 1 aromatic carbocycles. The number of carbonyl (C=O) groups excluding carboxylic acids is 2. The smallest absolute Gasteiger partial charge is 0.340 e. The molecule has 0 atom stereocenters. The van der Waals surface area contributed by atoms with Crippen LogP contribution in [0, 0.1) is 12.8 Å². The van der Waals surface area contributed by atoms with Crippen LogP contribution < -0.4 is 4.74 Å². The van der Waals surface area contributed by atoms with Crippen LogP contribution in [0.1, 0.15) is 43.7 Å². The summed E-state index contributed by atoms with van der Waals surface area (Å²) in [6, 6.07) is 5.35. The molecule has 2 aromatic rings. The number of nitrogens with zero attached hydrogens (tertiary/aromatic N) is 1. The third kappa shape index (κ3) is 3.55. The second-order valence-electron chi connectivity index (χ2n) is 5.96. The maximum Gasteiger partial charge on any atom is 0.340 e. The van der Waals surface area contributed by atoms with Gasteiger partial charge in [0, 0.05) is 30.1 Å². The van der Waals surface area contributed by atoms with Gasteiger partial charge in [0.2, 0.25) is 0 Å². The summed E-state index contributed by atoms with van der Waals surface area (Å²) in [5.74, 6) is 0.127. The number of aromatic nitrogens is 1. The molecule has 0 saturated carbocycles. The summed E-state index contributed by atoms with van der Waals surface area (Å²) in [6.45, 7) is 10.4. The molecule has 2 rings (SSSR count). The minimum atomic E-state index is -0.389. The lowest BCUT2D eigenvalue weighted by atomic mass is 10.1. The average molecular weight is 317 g/mol. The summed E-state index contributed by atoms with van der Waals surface area (Å²) in [5.41, 5.74) is 2.35. The monoisotopic (exact) mass is 317 g/mol. The minimum absolute atomic E-state index is 0.318. The molecule has 0 aliphatic heterocycles. The predicted molar refractivity (Wildman–Crippen MR) is 88.8 cm³/mol. The lowest BCUT2D eigenvalue weighted by Gasteiger charge is -2.11. The van der Waals surface area contributed by atoms with Crippen molar-refractivity contribution in [2.75, 3.05) is 6.61 Å². The summed E-state index contributed by atoms with van der Waals surface area (Å²) in [5, 5.41) is 0.750. The van der Waals surface area contributed by atoms with Crippen LogP contribution >= 0.6 is 0 Å². The number of hydrogen-bond acceptors (Lipinski definition) is 4. The molecule has 5 heteroatoms. The van der Waals surface area contributed by atoms with E-state index in [2.05, 4.69) is 18.4 Å². The van der Waals surface area contributed by atoms with E-state index in [0.717, 1.165) is 23.1 Å². The molecule has 0 amide bonds. The van der Waals surface area contributed by atoms with E-state index in [9.17, 15) is 9.59 Å². The molecule has 1 heterocycles. The number of benzene rings is 1. The zero-order valence-electron chi connectivity index (χ0n) is 14.3. The lowest BCUT2D eigenvalue weighted by Crippen LogP contribution is -2.09. The Morgan fingerprint density at radius 1 is 1.26 bits per heavy atom. The van der Waals surface area contributed by atoms with E-state index >= 15 is 0 Å². The Balaban J connectivity index is 2.66. The summed E-state index contributed by atoms with van der Waals surface area (Å²) < 4.78 is 12.5. The fourth-order valence-electron chi connectivity index (χ4n) is 2.75. The van der Waals surface area contributed by atoms with Crippen molar-refractivity contribution in [2.45, 2.75) is 41.2 Å². The Labute approximate surface area is 136 Å². The van der Waals surface area contributed by atoms with Crippen molar-refractivity contribution in [3.8, 4) is 5.75 Å². The lowest BCUT2D eigenvalue weighted by molar-refractivity contribution is -0.131. The van der Waals surface area contributed by atoms with E-state index in [0.29, 0.717) is 23.8 Å². The third-order valence-electron chi connectivity index (χ3n) is 3.58. The van der Waals surface area contributed by atoms with Gasteiger partial charge in [0.1, 0.15) is 5.75 Å². The first-order valence-corrected chi connectivity index (χ1v) is 7.83. The van der Waals surface area contributed by atoms with Crippen LogP contribution in [-0.4, -0.2) is 23.1 Å². The van der Waals surface area contributed by atoms with E-state index in [1.807, 2.05) is 13.0 Å². The van der Waals surface area contributed by atoms with Crippen molar-refractivity contribution in [3.63, 3.8) is 0 Å². The summed E-state index contributed by atoms with van der Waals surface area (Å²) >= 11 is 0. The number of esters is 2. The highest BCUT2D eigenvalue weighted by molar-refractivity contribution is 6.06. The molecule has 0 N–H and O–H groups in total. The van der Waals surface area contributed by atoms with E-state index in [1.54, 1.807) is 19.1 Å². The largest absolute Gasteiger partial charge is 0.462 e. The Bertz CT molecular complexity index is 743. The van der Waals surface area contributed by atoms with Gasteiger partial charge in [-0.2, -0.15) is 0 Å². The zero-order valence-corrected chi connectivity index (χ0v) is 14.3. The van der Waals surface area contributed by atoms with E-state index in [1.165, 1.54) is 6.92 Å². The number of hydrogen-bond donors (Lipinski definition) is 0. The van der Waals surface area contributed by atoms with E-state index < -0.39 is 0 Å². The highest BCUT2D eigenvalue weighted by atomic mass is 16.5. The van der Waals surface area contributed by atoms with Gasteiger partial charge in [0.05, 0.1) is 12.2 Å². The number of fused-ring (bicyclic) bond motifs is 1. The summed E-state index contributed by atoms with van der Waals surface area (Å²) in [6.07, 6.45) is 0. The van der Waals surface area contributed by atoms with Crippen molar-refractivity contribution >= 4 is 22.8 Å². The van der Waals surface area contributed by atoms with Gasteiger partial charge < -0.3 is 14.0 Å². The average Bonchev–Trinajstić information content (AvgIpc) is 2.70. The molecule has 23 heavy (non-hydrogen) atoms. The molecule has 124 valence electrons. The Hall–Kier alpha value is -2.30. The van der Waals surface area contributed by atoms with Crippen molar-refractivity contribution in [2.24, 2.45) is 5.92 Å². The van der Waals surface area contributed by atoms with Gasteiger partial charge in [-0.1, -0.05) is 13.8 Å². The maximum atomic E-state index is 12.4. The summed E-state index contributed by atoms with van der Waals surface area (Å²) in [4.78, 5) is 23.5. The van der Waals surface area contributed by atoms with Gasteiger partial charge in [-0.3, -0.25) is 4.79 Å². The Morgan fingerprint density at radius 2 is 1.96 bits per heavy atom. The second-order valence-corrected chi connectivity index (χ2v) is 5.96. The molecular weight excluding hydrogens is 294 g/mol. The molecule has 0 spiro atoms. The van der Waals surface area contributed by atoms with Gasteiger partial charge in [0.15, 0.2) is 0 Å². The zero-order chi connectivity index (χ0) is 17.1. The normalized spacial score (nSPS) is 11.0. The van der Waals surface area contributed by atoms with Crippen LogP contribution in [0.25, 0.3) is 10.9 Å². The molecule has 0 fully saturated rings. The molecular formula is C18H23NO4. The van der Waals surface area contributed by atoms with Gasteiger partial charge in [-0.25, -0.2) is 4.79 Å². The van der Waals surface area contributed by atoms with Crippen molar-refractivity contribution in [1.29, 1.82) is 0 Å². The Kier molecular flexibility index (Phi) is 5.08. The first-order chi connectivity index (χ1) is 10.8.